The summed E-state index contributed by atoms with van der Waals surface area (Å²) in [6.07, 6.45) is 0. The van der Waals surface area contributed by atoms with E-state index in [0.717, 1.165) is 5.56 Å². The fourth-order valence-electron chi connectivity index (χ4n) is 1.58. The fourth-order valence-corrected chi connectivity index (χ4v) is 1.58. The quantitative estimate of drug-likeness (QED) is 0.825. The summed E-state index contributed by atoms with van der Waals surface area (Å²) in [5.74, 6) is -0.207. The molecule has 0 fully saturated rings. The van der Waals surface area contributed by atoms with Crippen molar-refractivity contribution < 1.29 is 4.39 Å². The molecule has 0 heterocycles. The van der Waals surface area contributed by atoms with Gasteiger partial charge in [-0.3, -0.25) is 4.90 Å². The molecule has 0 amide bonds. The molecule has 0 radical (unpaired) electrons. The lowest BCUT2D eigenvalue weighted by Crippen LogP contribution is -2.35. The van der Waals surface area contributed by atoms with Gasteiger partial charge in [0.25, 0.3) is 0 Å². The number of nitrogens with zero attached hydrogens (tertiary/aromatic N) is 1. The molecule has 0 bridgehead atoms. The van der Waals surface area contributed by atoms with Crippen LogP contribution >= 0.6 is 0 Å². The lowest BCUT2D eigenvalue weighted by Gasteiger charge is -2.30. The van der Waals surface area contributed by atoms with Gasteiger partial charge in [-0.15, -0.1) is 0 Å². The second-order valence-corrected chi connectivity index (χ2v) is 4.06. The zero-order chi connectivity index (χ0) is 11.4. The van der Waals surface area contributed by atoms with Crippen molar-refractivity contribution in [2.75, 3.05) is 13.6 Å². The first kappa shape index (κ1) is 12.1. The predicted molar refractivity (Wildman–Crippen MR) is 61.1 cm³/mol. The van der Waals surface area contributed by atoms with Gasteiger partial charge in [-0.05, 0) is 38.6 Å². The first-order chi connectivity index (χ1) is 7.06. The van der Waals surface area contributed by atoms with E-state index in [-0.39, 0.29) is 11.9 Å². The van der Waals surface area contributed by atoms with E-state index in [2.05, 4.69) is 18.7 Å². The summed E-state index contributed by atoms with van der Waals surface area (Å²) in [5, 5.41) is 0. The summed E-state index contributed by atoms with van der Waals surface area (Å²) in [5.41, 5.74) is 6.81. The van der Waals surface area contributed by atoms with E-state index in [9.17, 15) is 4.39 Å². The lowest BCUT2D eigenvalue weighted by molar-refractivity contribution is 0.201. The SMILES string of the molecule is CC(C)N(C)C(CN)c1ccc(F)cc1. The van der Waals surface area contributed by atoms with E-state index in [1.54, 1.807) is 12.1 Å². The molecule has 3 heteroatoms. The molecular formula is C12H19FN2. The summed E-state index contributed by atoms with van der Waals surface area (Å²) in [6, 6.07) is 7.13. The van der Waals surface area contributed by atoms with Crippen molar-refractivity contribution >= 4 is 0 Å². The van der Waals surface area contributed by atoms with Crippen LogP contribution in [0.5, 0.6) is 0 Å². The second-order valence-electron chi connectivity index (χ2n) is 4.06. The normalized spacial score (nSPS) is 13.5. The Balaban J connectivity index is 2.87. The molecule has 1 rings (SSSR count). The van der Waals surface area contributed by atoms with Crippen LogP contribution in [0, 0.1) is 5.82 Å². The summed E-state index contributed by atoms with van der Waals surface area (Å²) in [7, 11) is 2.03. The van der Waals surface area contributed by atoms with E-state index in [1.807, 2.05) is 7.05 Å². The summed E-state index contributed by atoms with van der Waals surface area (Å²) in [4.78, 5) is 2.19. The van der Waals surface area contributed by atoms with Gasteiger partial charge in [0.1, 0.15) is 5.82 Å². The minimum atomic E-state index is -0.207. The minimum absolute atomic E-state index is 0.158. The van der Waals surface area contributed by atoms with Crippen LogP contribution in [0.15, 0.2) is 24.3 Å². The molecule has 1 aromatic rings. The number of nitrogens with two attached hydrogens (primary N) is 1. The minimum Gasteiger partial charge on any atom is -0.329 e. The topological polar surface area (TPSA) is 29.3 Å². The highest BCUT2D eigenvalue weighted by Gasteiger charge is 2.17. The molecule has 0 saturated heterocycles. The van der Waals surface area contributed by atoms with Gasteiger partial charge in [-0.1, -0.05) is 12.1 Å². The third-order valence-electron chi connectivity index (χ3n) is 2.78. The summed E-state index contributed by atoms with van der Waals surface area (Å²) in [6.45, 7) is 4.78. The molecule has 1 aromatic carbocycles. The van der Waals surface area contributed by atoms with Crippen LogP contribution in [0.3, 0.4) is 0 Å². The van der Waals surface area contributed by atoms with Gasteiger partial charge in [0.15, 0.2) is 0 Å². The smallest absolute Gasteiger partial charge is 0.123 e. The highest BCUT2D eigenvalue weighted by atomic mass is 19.1. The third-order valence-corrected chi connectivity index (χ3v) is 2.78. The maximum atomic E-state index is 12.8. The average Bonchev–Trinajstić information content (AvgIpc) is 2.21. The number of likely N-dealkylation sites (N-methyl/N-ethyl adjacent to an activating group) is 1. The van der Waals surface area contributed by atoms with Crippen molar-refractivity contribution in [2.45, 2.75) is 25.9 Å². The van der Waals surface area contributed by atoms with Gasteiger partial charge in [0.2, 0.25) is 0 Å². The van der Waals surface area contributed by atoms with Gasteiger partial charge in [-0.2, -0.15) is 0 Å². The molecule has 1 atom stereocenters. The van der Waals surface area contributed by atoms with E-state index < -0.39 is 0 Å². The molecule has 84 valence electrons. The van der Waals surface area contributed by atoms with Crippen molar-refractivity contribution in [3.05, 3.63) is 35.6 Å². The molecule has 0 spiro atoms. The van der Waals surface area contributed by atoms with Gasteiger partial charge in [0.05, 0.1) is 0 Å². The Morgan fingerprint density at radius 2 is 1.80 bits per heavy atom. The van der Waals surface area contributed by atoms with Crippen LogP contribution in [-0.2, 0) is 0 Å². The first-order valence-corrected chi connectivity index (χ1v) is 5.23. The van der Waals surface area contributed by atoms with Crippen LogP contribution in [0.4, 0.5) is 4.39 Å². The second kappa shape index (κ2) is 5.24. The lowest BCUT2D eigenvalue weighted by atomic mass is 10.0. The maximum absolute atomic E-state index is 12.8. The molecular weight excluding hydrogens is 191 g/mol. The Kier molecular flexibility index (Phi) is 4.24. The predicted octanol–water partition coefficient (Wildman–Crippen LogP) is 2.17. The third kappa shape index (κ3) is 3.01. The average molecular weight is 210 g/mol. The molecule has 0 aromatic heterocycles. The molecule has 2 nitrogen and oxygen atoms in total. The Labute approximate surface area is 90.9 Å². The van der Waals surface area contributed by atoms with Crippen LogP contribution in [0.1, 0.15) is 25.5 Å². The van der Waals surface area contributed by atoms with Crippen molar-refractivity contribution in [1.82, 2.24) is 4.90 Å². The first-order valence-electron chi connectivity index (χ1n) is 5.23. The van der Waals surface area contributed by atoms with Crippen LogP contribution in [-0.4, -0.2) is 24.5 Å². The van der Waals surface area contributed by atoms with Gasteiger partial charge >= 0.3 is 0 Å². The van der Waals surface area contributed by atoms with Crippen molar-refractivity contribution in [2.24, 2.45) is 5.73 Å². The summed E-state index contributed by atoms with van der Waals surface area (Å²) >= 11 is 0. The van der Waals surface area contributed by atoms with Gasteiger partial charge in [-0.25, -0.2) is 4.39 Å². The number of halogens is 1. The largest absolute Gasteiger partial charge is 0.329 e. The molecule has 15 heavy (non-hydrogen) atoms. The number of hydrogen-bond donors (Lipinski definition) is 1. The highest BCUT2D eigenvalue weighted by molar-refractivity contribution is 5.20. The van der Waals surface area contributed by atoms with Crippen LogP contribution in [0.25, 0.3) is 0 Å². The van der Waals surface area contributed by atoms with E-state index in [0.29, 0.717) is 12.6 Å². The van der Waals surface area contributed by atoms with E-state index in [4.69, 9.17) is 5.73 Å². The Morgan fingerprint density at radius 1 is 1.27 bits per heavy atom. The monoisotopic (exact) mass is 210 g/mol. The fraction of sp³-hybridized carbons (Fsp3) is 0.500. The molecule has 0 aliphatic rings. The van der Waals surface area contributed by atoms with E-state index >= 15 is 0 Å². The molecule has 0 saturated carbocycles. The number of rotatable bonds is 4. The zero-order valence-electron chi connectivity index (χ0n) is 9.57. The maximum Gasteiger partial charge on any atom is 0.123 e. The molecule has 1 unspecified atom stereocenters. The molecule has 0 aliphatic heterocycles. The Bertz CT molecular complexity index is 295. The van der Waals surface area contributed by atoms with Crippen LogP contribution in [0.2, 0.25) is 0 Å². The summed E-state index contributed by atoms with van der Waals surface area (Å²) < 4.78 is 12.8. The molecule has 2 N–H and O–H groups in total. The van der Waals surface area contributed by atoms with Gasteiger partial charge < -0.3 is 5.73 Å². The number of hydrogen-bond acceptors (Lipinski definition) is 2. The molecule has 0 aliphatic carbocycles. The van der Waals surface area contributed by atoms with Crippen molar-refractivity contribution in [1.29, 1.82) is 0 Å². The van der Waals surface area contributed by atoms with Crippen molar-refractivity contribution in [3.63, 3.8) is 0 Å². The standard InChI is InChI=1S/C12H19FN2/c1-9(2)15(3)12(8-14)10-4-6-11(13)7-5-10/h4-7,9,12H,8,14H2,1-3H3. The Hall–Kier alpha value is -0.930. The number of benzene rings is 1. The van der Waals surface area contributed by atoms with Gasteiger partial charge in [0, 0.05) is 18.6 Å². The zero-order valence-corrected chi connectivity index (χ0v) is 9.57. The Morgan fingerprint density at radius 3 is 2.20 bits per heavy atom. The highest BCUT2D eigenvalue weighted by Crippen LogP contribution is 2.20. The van der Waals surface area contributed by atoms with Crippen LogP contribution < -0.4 is 5.73 Å². The van der Waals surface area contributed by atoms with E-state index in [1.165, 1.54) is 12.1 Å². The van der Waals surface area contributed by atoms with Crippen molar-refractivity contribution in [3.8, 4) is 0 Å².